The van der Waals surface area contributed by atoms with E-state index in [1.54, 1.807) is 0 Å². The second-order valence-corrected chi connectivity index (χ2v) is 13.5. The van der Waals surface area contributed by atoms with Crippen LogP contribution in [0.1, 0.15) is 43.6 Å². The van der Waals surface area contributed by atoms with Gasteiger partial charge in [-0.3, -0.25) is 0 Å². The average molecular weight is 644 g/mol. The molecular formula is C47H37N3. The lowest BCUT2D eigenvalue weighted by molar-refractivity contribution is 0.443. The number of aromatic nitrogens is 3. The summed E-state index contributed by atoms with van der Waals surface area (Å²) in [7, 11) is 0. The van der Waals surface area contributed by atoms with Gasteiger partial charge in [0.2, 0.25) is 0 Å². The Morgan fingerprint density at radius 2 is 0.680 bits per heavy atom. The van der Waals surface area contributed by atoms with Gasteiger partial charge in [-0.1, -0.05) is 165 Å². The molecule has 0 unspecified atom stereocenters. The van der Waals surface area contributed by atoms with Crippen molar-refractivity contribution in [2.45, 2.75) is 38.0 Å². The van der Waals surface area contributed by atoms with Gasteiger partial charge in [0.1, 0.15) is 0 Å². The molecule has 8 aromatic rings. The molecule has 3 heteroatoms. The lowest BCUT2D eigenvalue weighted by Crippen LogP contribution is -2.04. The Bertz CT molecular complexity index is 2300. The van der Waals surface area contributed by atoms with Gasteiger partial charge < -0.3 is 0 Å². The molecule has 50 heavy (non-hydrogen) atoms. The van der Waals surface area contributed by atoms with E-state index in [-0.39, 0.29) is 0 Å². The van der Waals surface area contributed by atoms with E-state index >= 15 is 0 Å². The predicted octanol–water partition coefficient (Wildman–Crippen LogP) is 12.6. The molecule has 240 valence electrons. The first kappa shape index (κ1) is 30.2. The molecule has 1 aromatic heterocycles. The molecule has 0 amide bonds. The fourth-order valence-electron chi connectivity index (χ4n) is 7.46. The van der Waals surface area contributed by atoms with Gasteiger partial charge >= 0.3 is 0 Å². The first-order valence-electron chi connectivity index (χ1n) is 17.8. The van der Waals surface area contributed by atoms with Gasteiger partial charge in [-0.25, -0.2) is 15.0 Å². The highest BCUT2D eigenvalue weighted by atomic mass is 15.0. The Hall–Kier alpha value is -5.93. The maximum Gasteiger partial charge on any atom is 0.164 e. The van der Waals surface area contributed by atoms with Crippen molar-refractivity contribution in [2.24, 2.45) is 0 Å². The smallest absolute Gasteiger partial charge is 0.164 e. The Kier molecular flexibility index (Phi) is 7.94. The molecule has 1 heterocycles. The zero-order chi connectivity index (χ0) is 33.3. The monoisotopic (exact) mass is 643 g/mol. The summed E-state index contributed by atoms with van der Waals surface area (Å²) in [5, 5.41) is 4.97. The van der Waals surface area contributed by atoms with Gasteiger partial charge in [0.05, 0.1) is 0 Å². The lowest BCUT2D eigenvalue weighted by Gasteiger charge is -2.22. The van der Waals surface area contributed by atoms with Crippen molar-refractivity contribution in [3.8, 4) is 56.4 Å². The minimum absolute atomic E-state index is 0.657. The third kappa shape index (κ3) is 6.08. The van der Waals surface area contributed by atoms with Gasteiger partial charge in [-0.05, 0) is 80.3 Å². The first-order valence-corrected chi connectivity index (χ1v) is 17.8. The molecule has 1 saturated carbocycles. The van der Waals surface area contributed by atoms with Crippen LogP contribution in [-0.4, -0.2) is 15.0 Å². The van der Waals surface area contributed by atoms with Crippen LogP contribution in [0, 0.1) is 0 Å². The summed E-state index contributed by atoms with van der Waals surface area (Å²) in [6.45, 7) is 0. The van der Waals surface area contributed by atoms with Gasteiger partial charge in [-0.15, -0.1) is 0 Å². The van der Waals surface area contributed by atoms with E-state index in [1.165, 1.54) is 70.3 Å². The van der Waals surface area contributed by atoms with Gasteiger partial charge in [0.25, 0.3) is 0 Å². The predicted molar refractivity (Wildman–Crippen MR) is 208 cm³/mol. The third-order valence-corrected chi connectivity index (χ3v) is 10.3. The van der Waals surface area contributed by atoms with E-state index in [0.717, 1.165) is 27.8 Å². The molecular weight excluding hydrogens is 607 g/mol. The summed E-state index contributed by atoms with van der Waals surface area (Å²) >= 11 is 0. The Labute approximate surface area is 293 Å². The molecule has 0 N–H and O–H groups in total. The third-order valence-electron chi connectivity index (χ3n) is 10.3. The zero-order valence-corrected chi connectivity index (χ0v) is 28.0. The molecule has 0 atom stereocenters. The standard InChI is InChI=1S/C47H37N3/c1-2-8-32(9-3-1)35-14-22-38(23-15-35)45-48-46(39-24-16-36(17-25-39)43-28-20-33-10-4-6-12-41(33)30-43)50-47(49-45)40-26-18-37(19-27-40)44-29-21-34-11-5-7-13-42(34)31-44/h4-7,10-32H,1-3,8-9H2. The molecule has 0 radical (unpaired) electrons. The zero-order valence-electron chi connectivity index (χ0n) is 28.0. The van der Waals surface area contributed by atoms with Gasteiger partial charge in [-0.2, -0.15) is 0 Å². The second-order valence-electron chi connectivity index (χ2n) is 13.5. The number of hydrogen-bond acceptors (Lipinski definition) is 3. The van der Waals surface area contributed by atoms with Crippen LogP contribution >= 0.6 is 0 Å². The van der Waals surface area contributed by atoms with Crippen LogP contribution in [-0.2, 0) is 0 Å². The maximum absolute atomic E-state index is 5.06. The van der Waals surface area contributed by atoms with Crippen molar-refractivity contribution in [3.63, 3.8) is 0 Å². The van der Waals surface area contributed by atoms with Crippen LogP contribution in [0.4, 0.5) is 0 Å². The summed E-state index contributed by atoms with van der Waals surface area (Å²) in [5.74, 6) is 2.69. The van der Waals surface area contributed by atoms with Gasteiger partial charge in [0.15, 0.2) is 17.5 Å². The van der Waals surface area contributed by atoms with Crippen LogP contribution in [0.25, 0.3) is 78.0 Å². The van der Waals surface area contributed by atoms with E-state index < -0.39 is 0 Å². The fourth-order valence-corrected chi connectivity index (χ4v) is 7.46. The molecule has 1 fully saturated rings. The minimum atomic E-state index is 0.657. The Morgan fingerprint density at radius 3 is 1.12 bits per heavy atom. The van der Waals surface area contributed by atoms with Crippen LogP contribution in [0.15, 0.2) is 158 Å². The number of nitrogens with zero attached hydrogens (tertiary/aromatic N) is 3. The molecule has 1 aliphatic carbocycles. The summed E-state index contributed by atoms with van der Waals surface area (Å²) in [6, 6.07) is 56.4. The van der Waals surface area contributed by atoms with Crippen molar-refractivity contribution in [1.82, 2.24) is 15.0 Å². The highest BCUT2D eigenvalue weighted by Crippen LogP contribution is 2.34. The van der Waals surface area contributed by atoms with E-state index in [4.69, 9.17) is 15.0 Å². The van der Waals surface area contributed by atoms with Crippen molar-refractivity contribution in [1.29, 1.82) is 0 Å². The number of hydrogen-bond donors (Lipinski definition) is 0. The highest BCUT2D eigenvalue weighted by Gasteiger charge is 2.17. The normalized spacial score (nSPS) is 13.5. The molecule has 0 aliphatic heterocycles. The van der Waals surface area contributed by atoms with E-state index in [0.29, 0.717) is 23.4 Å². The molecule has 3 nitrogen and oxygen atoms in total. The molecule has 7 aromatic carbocycles. The molecule has 0 bridgehead atoms. The fraction of sp³-hybridized carbons (Fsp3) is 0.128. The maximum atomic E-state index is 5.06. The summed E-state index contributed by atoms with van der Waals surface area (Å²) in [5.41, 5.74) is 9.07. The molecule has 9 rings (SSSR count). The molecule has 0 saturated heterocycles. The Balaban J connectivity index is 1.08. The van der Waals surface area contributed by atoms with E-state index in [1.807, 2.05) is 0 Å². The van der Waals surface area contributed by atoms with Crippen molar-refractivity contribution >= 4 is 21.5 Å². The van der Waals surface area contributed by atoms with Crippen LogP contribution in [0.3, 0.4) is 0 Å². The van der Waals surface area contributed by atoms with Crippen molar-refractivity contribution in [2.75, 3.05) is 0 Å². The largest absolute Gasteiger partial charge is 0.208 e. The van der Waals surface area contributed by atoms with E-state index in [2.05, 4.69) is 158 Å². The summed E-state index contributed by atoms with van der Waals surface area (Å²) < 4.78 is 0. The van der Waals surface area contributed by atoms with Crippen LogP contribution in [0.5, 0.6) is 0 Å². The topological polar surface area (TPSA) is 38.7 Å². The molecule has 1 aliphatic rings. The Morgan fingerprint density at radius 1 is 0.320 bits per heavy atom. The first-order chi connectivity index (χ1) is 24.7. The van der Waals surface area contributed by atoms with Crippen molar-refractivity contribution in [3.05, 3.63) is 163 Å². The van der Waals surface area contributed by atoms with Gasteiger partial charge in [0, 0.05) is 16.7 Å². The number of rotatable bonds is 6. The SMILES string of the molecule is c1ccc2cc(-c3ccc(-c4nc(-c5ccc(-c6ccc7ccccc7c6)cc5)nc(-c5ccc(C6CCCCC6)cc5)n4)cc3)ccc2c1. The minimum Gasteiger partial charge on any atom is -0.208 e. The number of fused-ring (bicyclic) bond motifs is 2. The molecule has 0 spiro atoms. The summed E-state index contributed by atoms with van der Waals surface area (Å²) in [6.07, 6.45) is 6.57. The number of benzene rings is 7. The highest BCUT2D eigenvalue weighted by molar-refractivity contribution is 5.88. The quantitative estimate of drug-likeness (QED) is 0.181. The second kappa shape index (κ2) is 13.2. The average Bonchev–Trinajstić information content (AvgIpc) is 3.21. The van der Waals surface area contributed by atoms with Crippen LogP contribution in [0.2, 0.25) is 0 Å². The van der Waals surface area contributed by atoms with Crippen molar-refractivity contribution < 1.29 is 0 Å². The van der Waals surface area contributed by atoms with E-state index in [9.17, 15) is 0 Å². The summed E-state index contributed by atoms with van der Waals surface area (Å²) in [4.78, 5) is 15.2. The van der Waals surface area contributed by atoms with Crippen LogP contribution < -0.4 is 0 Å². The lowest BCUT2D eigenvalue weighted by atomic mass is 9.84.